The molecule has 0 atom stereocenters. The number of methoxy groups -OCH3 is 3. The third-order valence-corrected chi connectivity index (χ3v) is 3.49. The Hall–Kier alpha value is -1.95. The molecule has 0 heterocycles. The van der Waals surface area contributed by atoms with Crippen molar-refractivity contribution in [2.75, 3.05) is 21.3 Å². The van der Waals surface area contributed by atoms with E-state index in [2.05, 4.69) is 0 Å². The number of hydrogen-bond donors (Lipinski definition) is 0. The summed E-state index contributed by atoms with van der Waals surface area (Å²) in [5, 5.41) is 0. The van der Waals surface area contributed by atoms with Gasteiger partial charge in [-0.25, -0.2) is 4.79 Å². The second kappa shape index (κ2) is 7.17. The molecule has 116 valence electrons. The number of ether oxygens (including phenoxy) is 3. The second-order valence-corrected chi connectivity index (χ2v) is 4.78. The highest BCUT2D eigenvalue weighted by Crippen LogP contribution is 2.35. The van der Waals surface area contributed by atoms with Gasteiger partial charge in [0.15, 0.2) is 11.5 Å². The monoisotopic (exact) mass is 296 g/mol. The van der Waals surface area contributed by atoms with Crippen molar-refractivity contribution in [1.29, 1.82) is 0 Å². The highest BCUT2D eigenvalue weighted by Gasteiger charge is 2.23. The summed E-state index contributed by atoms with van der Waals surface area (Å²) in [5.41, 5.74) is 0.230. The minimum Gasteiger partial charge on any atom is -0.496 e. The number of carbonyl (C=O) groups is 1. The van der Waals surface area contributed by atoms with Gasteiger partial charge in [-0.1, -0.05) is 12.8 Å². The van der Waals surface area contributed by atoms with Crippen LogP contribution in [0.3, 0.4) is 0 Å². The van der Waals surface area contributed by atoms with Gasteiger partial charge in [0, 0.05) is 12.1 Å². The van der Waals surface area contributed by atoms with Gasteiger partial charge in [0.2, 0.25) is 0 Å². The maximum Gasteiger partial charge on any atom is 0.376 e. The molecule has 0 spiro atoms. The van der Waals surface area contributed by atoms with Crippen LogP contribution in [0.25, 0.3) is 0 Å². The lowest BCUT2D eigenvalue weighted by Crippen LogP contribution is -2.14. The second-order valence-electron chi connectivity index (χ2n) is 4.78. The summed E-state index contributed by atoms with van der Waals surface area (Å²) in [4.78, 5) is 22.2. The van der Waals surface area contributed by atoms with E-state index in [9.17, 15) is 4.79 Å². The van der Waals surface area contributed by atoms with Gasteiger partial charge in [0.05, 0.1) is 21.3 Å². The van der Waals surface area contributed by atoms with E-state index in [4.69, 9.17) is 24.0 Å². The standard InChI is InChI=1S/C15H20O6/c1-17-12-9-14(19-3)13(18-2)8-11(12)15(16)21-20-10-6-4-5-7-10/h8-10H,4-7H2,1-3H3. The Morgan fingerprint density at radius 1 is 0.952 bits per heavy atom. The predicted octanol–water partition coefficient (Wildman–Crippen LogP) is 2.74. The SMILES string of the molecule is COc1cc(OC)c(C(=O)OOC2CCCC2)cc1OC. The average molecular weight is 296 g/mol. The average Bonchev–Trinajstić information content (AvgIpc) is 3.04. The number of hydrogen-bond acceptors (Lipinski definition) is 6. The molecule has 0 unspecified atom stereocenters. The summed E-state index contributed by atoms with van der Waals surface area (Å²) in [5.74, 6) is 0.626. The van der Waals surface area contributed by atoms with Crippen molar-refractivity contribution in [3.63, 3.8) is 0 Å². The normalized spacial score (nSPS) is 14.8. The summed E-state index contributed by atoms with van der Waals surface area (Å²) in [6.45, 7) is 0. The van der Waals surface area contributed by atoms with Crippen LogP contribution in [0.4, 0.5) is 0 Å². The Kier molecular flexibility index (Phi) is 5.27. The molecule has 1 aromatic rings. The van der Waals surface area contributed by atoms with Gasteiger partial charge >= 0.3 is 5.97 Å². The molecular formula is C15H20O6. The summed E-state index contributed by atoms with van der Waals surface area (Å²) >= 11 is 0. The summed E-state index contributed by atoms with van der Waals surface area (Å²) in [6.07, 6.45) is 4.01. The predicted molar refractivity (Wildman–Crippen MR) is 74.9 cm³/mol. The Morgan fingerprint density at radius 3 is 2.10 bits per heavy atom. The summed E-state index contributed by atoms with van der Waals surface area (Å²) in [7, 11) is 4.48. The molecule has 0 bridgehead atoms. The van der Waals surface area contributed by atoms with Crippen LogP contribution in [0.2, 0.25) is 0 Å². The molecule has 2 rings (SSSR count). The van der Waals surface area contributed by atoms with Crippen molar-refractivity contribution < 1.29 is 28.8 Å². The zero-order valence-electron chi connectivity index (χ0n) is 12.5. The molecule has 1 aliphatic carbocycles. The van der Waals surface area contributed by atoms with Crippen LogP contribution in [0.5, 0.6) is 17.2 Å². The molecule has 6 heteroatoms. The minimum atomic E-state index is -0.611. The fraction of sp³-hybridized carbons (Fsp3) is 0.533. The van der Waals surface area contributed by atoms with E-state index in [0.717, 1.165) is 25.7 Å². The van der Waals surface area contributed by atoms with E-state index in [0.29, 0.717) is 17.2 Å². The largest absolute Gasteiger partial charge is 0.496 e. The van der Waals surface area contributed by atoms with Gasteiger partial charge < -0.3 is 14.2 Å². The number of benzene rings is 1. The van der Waals surface area contributed by atoms with Crippen molar-refractivity contribution in [2.45, 2.75) is 31.8 Å². The number of carbonyl (C=O) groups excluding carboxylic acids is 1. The third-order valence-electron chi connectivity index (χ3n) is 3.49. The van der Waals surface area contributed by atoms with Gasteiger partial charge in [0.1, 0.15) is 17.4 Å². The topological polar surface area (TPSA) is 63.2 Å². The van der Waals surface area contributed by atoms with Gasteiger partial charge in [-0.05, 0) is 12.8 Å². The molecule has 1 aromatic carbocycles. The van der Waals surface area contributed by atoms with Crippen LogP contribution in [0.1, 0.15) is 36.0 Å². The van der Waals surface area contributed by atoms with Crippen LogP contribution < -0.4 is 14.2 Å². The van der Waals surface area contributed by atoms with Crippen LogP contribution in [0.15, 0.2) is 12.1 Å². The van der Waals surface area contributed by atoms with E-state index in [1.54, 1.807) is 6.07 Å². The third kappa shape index (κ3) is 3.58. The van der Waals surface area contributed by atoms with E-state index >= 15 is 0 Å². The van der Waals surface area contributed by atoms with E-state index < -0.39 is 5.97 Å². The molecule has 6 nitrogen and oxygen atoms in total. The van der Waals surface area contributed by atoms with Gasteiger partial charge in [-0.15, -0.1) is 0 Å². The van der Waals surface area contributed by atoms with Crippen LogP contribution in [-0.2, 0) is 9.78 Å². The Bertz CT molecular complexity index is 493. The highest BCUT2D eigenvalue weighted by atomic mass is 17.2. The quantitative estimate of drug-likeness (QED) is 0.594. The highest BCUT2D eigenvalue weighted by molar-refractivity contribution is 5.93. The zero-order valence-corrected chi connectivity index (χ0v) is 12.5. The Labute approximate surface area is 123 Å². The first-order valence-electron chi connectivity index (χ1n) is 6.87. The Balaban J connectivity index is 2.14. The molecule has 1 fully saturated rings. The number of rotatable bonds is 6. The molecule has 0 radical (unpaired) electrons. The Morgan fingerprint density at radius 2 is 1.52 bits per heavy atom. The maximum absolute atomic E-state index is 12.1. The molecule has 0 amide bonds. The zero-order chi connectivity index (χ0) is 15.2. The van der Waals surface area contributed by atoms with Crippen LogP contribution >= 0.6 is 0 Å². The molecule has 0 aliphatic heterocycles. The van der Waals surface area contributed by atoms with E-state index in [1.165, 1.54) is 27.4 Å². The maximum atomic E-state index is 12.1. The van der Waals surface area contributed by atoms with E-state index in [1.807, 2.05) is 0 Å². The van der Waals surface area contributed by atoms with Crippen LogP contribution in [-0.4, -0.2) is 33.4 Å². The molecule has 0 N–H and O–H groups in total. The lowest BCUT2D eigenvalue weighted by molar-refractivity contribution is -0.272. The minimum absolute atomic E-state index is 0.0138. The summed E-state index contributed by atoms with van der Waals surface area (Å²) < 4.78 is 15.5. The van der Waals surface area contributed by atoms with Crippen molar-refractivity contribution in [2.24, 2.45) is 0 Å². The first-order chi connectivity index (χ1) is 10.2. The lowest BCUT2D eigenvalue weighted by Gasteiger charge is -2.14. The fourth-order valence-corrected chi connectivity index (χ4v) is 2.33. The first-order valence-corrected chi connectivity index (χ1v) is 6.87. The van der Waals surface area contributed by atoms with Gasteiger partial charge in [-0.3, -0.25) is 4.89 Å². The van der Waals surface area contributed by atoms with Crippen LogP contribution in [0, 0.1) is 0 Å². The van der Waals surface area contributed by atoms with Gasteiger partial charge in [0.25, 0.3) is 0 Å². The summed E-state index contributed by atoms with van der Waals surface area (Å²) in [6, 6.07) is 3.09. The van der Waals surface area contributed by atoms with Gasteiger partial charge in [-0.2, -0.15) is 4.89 Å². The molecule has 1 saturated carbocycles. The van der Waals surface area contributed by atoms with Crippen molar-refractivity contribution >= 4 is 5.97 Å². The molecule has 0 aromatic heterocycles. The molecule has 1 aliphatic rings. The van der Waals surface area contributed by atoms with E-state index in [-0.39, 0.29) is 11.7 Å². The van der Waals surface area contributed by atoms with Crippen molar-refractivity contribution in [1.82, 2.24) is 0 Å². The lowest BCUT2D eigenvalue weighted by atomic mass is 10.1. The molecule has 0 saturated heterocycles. The smallest absolute Gasteiger partial charge is 0.376 e. The van der Waals surface area contributed by atoms with Crippen molar-refractivity contribution in [3.05, 3.63) is 17.7 Å². The first kappa shape index (κ1) is 15.4. The molecular weight excluding hydrogens is 276 g/mol. The fourth-order valence-electron chi connectivity index (χ4n) is 2.33. The van der Waals surface area contributed by atoms with Crippen molar-refractivity contribution in [3.8, 4) is 17.2 Å². The molecule has 21 heavy (non-hydrogen) atoms.